The molecule has 13 heteroatoms. The van der Waals surface area contributed by atoms with Gasteiger partial charge in [-0.05, 0) is 6.42 Å². The molecule has 0 bridgehead atoms. The third kappa shape index (κ3) is 14.6. The predicted octanol–water partition coefficient (Wildman–Crippen LogP) is 0.876. The zero-order valence-corrected chi connectivity index (χ0v) is 27.1. The topological polar surface area (TPSA) is 208 Å². The van der Waals surface area contributed by atoms with Crippen molar-refractivity contribution in [2.75, 3.05) is 33.0 Å². The molecule has 2 heterocycles. The van der Waals surface area contributed by atoms with Crippen LogP contribution in [0.4, 0.5) is 0 Å². The van der Waals surface area contributed by atoms with Crippen LogP contribution in [-0.2, 0) is 23.7 Å². The molecule has 0 radical (unpaired) electrons. The van der Waals surface area contributed by atoms with Crippen molar-refractivity contribution in [1.29, 1.82) is 0 Å². The van der Waals surface area contributed by atoms with Gasteiger partial charge >= 0.3 is 0 Å². The van der Waals surface area contributed by atoms with Crippen molar-refractivity contribution in [1.82, 2.24) is 0 Å². The van der Waals surface area contributed by atoms with Gasteiger partial charge in [0, 0.05) is 6.61 Å². The average molecular weight is 655 g/mol. The molecule has 2 aliphatic rings. The fourth-order valence-corrected chi connectivity index (χ4v) is 5.74. The molecule has 0 aromatic carbocycles. The van der Waals surface area contributed by atoms with E-state index in [1.807, 2.05) is 0 Å². The number of aliphatic hydroxyl groups is 8. The second-order valence-electron chi connectivity index (χ2n) is 12.5. The molecule has 0 amide bonds. The van der Waals surface area contributed by atoms with Crippen LogP contribution in [0.15, 0.2) is 0 Å². The van der Waals surface area contributed by atoms with Gasteiger partial charge in [0.2, 0.25) is 0 Å². The summed E-state index contributed by atoms with van der Waals surface area (Å²) >= 11 is 0. The van der Waals surface area contributed by atoms with Crippen molar-refractivity contribution in [3.8, 4) is 0 Å². The van der Waals surface area contributed by atoms with Gasteiger partial charge in [-0.25, -0.2) is 0 Å². The molecule has 45 heavy (non-hydrogen) atoms. The molecule has 0 saturated carbocycles. The number of aliphatic hydroxyl groups excluding tert-OH is 8. The van der Waals surface area contributed by atoms with Crippen LogP contribution in [0, 0.1) is 0 Å². The SMILES string of the molecule is CCCCCCCCCCCCCCCCCOCC(O)CO[C@H]1O[C@H](CO)[C@@H](O)[C@H](O[C@H]2O[C@H](CO)[C@@H](O)[C@H](O)[C@H]2O)[C@@H]1O. The van der Waals surface area contributed by atoms with Gasteiger partial charge in [0.05, 0.1) is 26.4 Å². The lowest BCUT2D eigenvalue weighted by molar-refractivity contribution is -0.361. The van der Waals surface area contributed by atoms with E-state index in [2.05, 4.69) is 6.92 Å². The molecule has 2 fully saturated rings. The molecule has 11 atom stereocenters. The smallest absolute Gasteiger partial charge is 0.187 e. The number of rotatable bonds is 25. The maximum atomic E-state index is 10.8. The Balaban J connectivity index is 1.58. The summed E-state index contributed by atoms with van der Waals surface area (Å²) in [5.74, 6) is 0. The number of hydrogen-bond donors (Lipinski definition) is 8. The molecule has 0 spiro atoms. The van der Waals surface area contributed by atoms with Gasteiger partial charge in [0.15, 0.2) is 12.6 Å². The number of hydrogen-bond acceptors (Lipinski definition) is 13. The highest BCUT2D eigenvalue weighted by Crippen LogP contribution is 2.29. The molecule has 0 aromatic heterocycles. The van der Waals surface area contributed by atoms with Crippen molar-refractivity contribution in [3.05, 3.63) is 0 Å². The fraction of sp³-hybridized carbons (Fsp3) is 1.00. The molecular formula is C32H62O13. The van der Waals surface area contributed by atoms with Crippen LogP contribution < -0.4 is 0 Å². The Labute approximate surface area is 268 Å². The van der Waals surface area contributed by atoms with Crippen LogP contribution in [0.3, 0.4) is 0 Å². The average Bonchev–Trinajstić information content (AvgIpc) is 3.04. The van der Waals surface area contributed by atoms with Crippen molar-refractivity contribution in [3.63, 3.8) is 0 Å². The zero-order chi connectivity index (χ0) is 33.0. The van der Waals surface area contributed by atoms with Crippen LogP contribution in [0.2, 0.25) is 0 Å². The standard InChI is InChI=1S/C32H62O13/c1-2-3-4-5-6-7-8-9-10-11-12-13-14-15-16-17-41-20-22(35)21-42-31-29(40)30(26(37)24(19-34)43-31)45-32-28(39)27(38)25(36)23(18-33)44-32/h22-40H,2-21H2,1H3/t22?,23-,24-,25-,26-,27+,28-,29+,30+,31+,32-/m1/s1. The Bertz CT molecular complexity index is 717. The molecule has 13 nitrogen and oxygen atoms in total. The van der Waals surface area contributed by atoms with Crippen LogP contribution >= 0.6 is 0 Å². The Morgan fingerprint density at radius 3 is 1.58 bits per heavy atom. The molecule has 8 N–H and O–H groups in total. The van der Waals surface area contributed by atoms with Gasteiger partial charge in [-0.1, -0.05) is 96.8 Å². The number of ether oxygens (including phenoxy) is 5. The third-order valence-corrected chi connectivity index (χ3v) is 8.62. The highest BCUT2D eigenvalue weighted by molar-refractivity contribution is 4.94. The Hall–Kier alpha value is -0.520. The second-order valence-corrected chi connectivity index (χ2v) is 12.5. The van der Waals surface area contributed by atoms with Crippen molar-refractivity contribution in [2.45, 2.75) is 171 Å². The summed E-state index contributed by atoms with van der Waals surface area (Å²) in [6.07, 6.45) is 2.71. The first-order valence-electron chi connectivity index (χ1n) is 17.2. The van der Waals surface area contributed by atoms with Crippen LogP contribution in [0.25, 0.3) is 0 Å². The van der Waals surface area contributed by atoms with Gasteiger partial charge in [-0.15, -0.1) is 0 Å². The van der Waals surface area contributed by atoms with Crippen molar-refractivity contribution < 1.29 is 64.5 Å². The predicted molar refractivity (Wildman–Crippen MR) is 164 cm³/mol. The van der Waals surface area contributed by atoms with E-state index in [1.54, 1.807) is 0 Å². The number of unbranched alkanes of at least 4 members (excludes halogenated alkanes) is 14. The highest BCUT2D eigenvalue weighted by atomic mass is 16.7. The van der Waals surface area contributed by atoms with E-state index in [0.717, 1.165) is 19.3 Å². The summed E-state index contributed by atoms with van der Waals surface area (Å²) in [4.78, 5) is 0. The van der Waals surface area contributed by atoms with Crippen molar-refractivity contribution in [2.24, 2.45) is 0 Å². The molecule has 0 aliphatic carbocycles. The summed E-state index contributed by atoms with van der Waals surface area (Å²) in [7, 11) is 0. The van der Waals surface area contributed by atoms with Gasteiger partial charge in [-0.3, -0.25) is 0 Å². The monoisotopic (exact) mass is 654 g/mol. The van der Waals surface area contributed by atoms with E-state index in [1.165, 1.54) is 77.0 Å². The molecule has 1 unspecified atom stereocenters. The zero-order valence-electron chi connectivity index (χ0n) is 27.1. The van der Waals surface area contributed by atoms with Gasteiger partial charge in [0.1, 0.15) is 54.9 Å². The quantitative estimate of drug-likeness (QED) is 0.0644. The van der Waals surface area contributed by atoms with E-state index >= 15 is 0 Å². The highest BCUT2D eigenvalue weighted by Gasteiger charge is 2.50. The fourth-order valence-electron chi connectivity index (χ4n) is 5.74. The lowest BCUT2D eigenvalue weighted by Crippen LogP contribution is -2.65. The molecule has 0 aromatic rings. The first kappa shape index (κ1) is 40.7. The largest absolute Gasteiger partial charge is 0.394 e. The van der Waals surface area contributed by atoms with Crippen LogP contribution in [0.1, 0.15) is 103 Å². The molecule has 268 valence electrons. The van der Waals surface area contributed by atoms with Gasteiger partial charge in [-0.2, -0.15) is 0 Å². The van der Waals surface area contributed by atoms with Crippen LogP contribution in [-0.4, -0.2) is 141 Å². The van der Waals surface area contributed by atoms with Gasteiger partial charge < -0.3 is 64.5 Å². The summed E-state index contributed by atoms with van der Waals surface area (Å²) in [5.41, 5.74) is 0. The summed E-state index contributed by atoms with van der Waals surface area (Å²) < 4.78 is 27.4. The Morgan fingerprint density at radius 1 is 0.556 bits per heavy atom. The summed E-state index contributed by atoms with van der Waals surface area (Å²) in [6.45, 7) is 1.15. The van der Waals surface area contributed by atoms with Gasteiger partial charge in [0.25, 0.3) is 0 Å². The van der Waals surface area contributed by atoms with E-state index in [0.29, 0.717) is 6.61 Å². The van der Waals surface area contributed by atoms with Crippen LogP contribution in [0.5, 0.6) is 0 Å². The van der Waals surface area contributed by atoms with E-state index in [9.17, 15) is 40.9 Å². The lowest BCUT2D eigenvalue weighted by atomic mass is 9.97. The second kappa shape index (κ2) is 23.7. The third-order valence-electron chi connectivity index (χ3n) is 8.62. The maximum absolute atomic E-state index is 10.8. The minimum absolute atomic E-state index is 0.0122. The molecule has 2 aliphatic heterocycles. The van der Waals surface area contributed by atoms with E-state index in [4.69, 9.17) is 23.7 Å². The first-order valence-corrected chi connectivity index (χ1v) is 17.2. The molecule has 2 saturated heterocycles. The normalized spacial score (nSPS) is 33.0. The lowest BCUT2D eigenvalue weighted by Gasteiger charge is -2.46. The minimum atomic E-state index is -1.76. The Kier molecular flexibility index (Phi) is 21.5. The van der Waals surface area contributed by atoms with E-state index in [-0.39, 0.29) is 13.2 Å². The molecule has 2 rings (SSSR count). The van der Waals surface area contributed by atoms with Crippen molar-refractivity contribution >= 4 is 0 Å². The minimum Gasteiger partial charge on any atom is -0.394 e. The Morgan fingerprint density at radius 2 is 1.04 bits per heavy atom. The molecular weight excluding hydrogens is 592 g/mol. The summed E-state index contributed by atoms with van der Waals surface area (Å²) in [6, 6.07) is 0. The van der Waals surface area contributed by atoms with E-state index < -0.39 is 80.7 Å². The first-order chi connectivity index (χ1) is 21.7. The maximum Gasteiger partial charge on any atom is 0.187 e. The summed E-state index contributed by atoms with van der Waals surface area (Å²) in [5, 5.41) is 81.0.